The normalized spacial score (nSPS) is 13.4. The van der Waals surface area contributed by atoms with Crippen LogP contribution in [0.5, 0.6) is 0 Å². The average molecular weight is 455 g/mol. The monoisotopic (exact) mass is 454 g/mol. The molecule has 0 heterocycles. The van der Waals surface area contributed by atoms with Crippen molar-refractivity contribution < 1.29 is 29.0 Å². The van der Waals surface area contributed by atoms with Crippen LogP contribution in [-0.2, 0) is 14.3 Å². The Morgan fingerprint density at radius 2 is 1.48 bits per heavy atom. The van der Waals surface area contributed by atoms with Crippen molar-refractivity contribution in [2.75, 3.05) is 6.61 Å². The minimum atomic E-state index is -0.952. The Labute approximate surface area is 193 Å². The number of amides is 2. The van der Waals surface area contributed by atoms with Crippen LogP contribution in [-0.4, -0.2) is 41.6 Å². The largest absolute Gasteiger partial charge is 0.481 e. The van der Waals surface area contributed by atoms with Crippen LogP contribution in [0.3, 0.4) is 0 Å². The lowest BCUT2D eigenvalue weighted by Crippen LogP contribution is -2.49. The van der Waals surface area contributed by atoms with Gasteiger partial charge in [-0.15, -0.1) is 0 Å². The Balaban J connectivity index is 1.62. The molecule has 1 aliphatic rings. The molecule has 8 heteroatoms. The fraction of sp³-hybridized carbons (Fsp3) is 0.400. The van der Waals surface area contributed by atoms with Crippen LogP contribution in [0.1, 0.15) is 57.1 Å². The van der Waals surface area contributed by atoms with Crippen LogP contribution in [0.15, 0.2) is 48.5 Å². The molecule has 0 fully saturated rings. The molecule has 176 valence electrons. The molecule has 3 N–H and O–H groups in total. The van der Waals surface area contributed by atoms with E-state index >= 15 is 0 Å². The van der Waals surface area contributed by atoms with E-state index in [2.05, 4.69) is 22.8 Å². The lowest BCUT2D eigenvalue weighted by Gasteiger charge is -2.24. The first kappa shape index (κ1) is 24.1. The number of carboxylic acids is 1. The Morgan fingerprint density at radius 3 is 2.03 bits per heavy atom. The highest BCUT2D eigenvalue weighted by Crippen LogP contribution is 2.44. The zero-order chi connectivity index (χ0) is 24.0. The van der Waals surface area contributed by atoms with Crippen molar-refractivity contribution in [3.05, 3.63) is 59.7 Å². The maximum absolute atomic E-state index is 12.6. The van der Waals surface area contributed by atoms with Gasteiger partial charge in [-0.2, -0.15) is 0 Å². The molecule has 8 nitrogen and oxygen atoms in total. The Bertz CT molecular complexity index is 968. The molecular weight excluding hydrogens is 424 g/mol. The molecule has 2 aromatic carbocycles. The highest BCUT2D eigenvalue weighted by Gasteiger charge is 2.29. The second-order valence-corrected chi connectivity index (χ2v) is 8.95. The maximum Gasteiger partial charge on any atom is 0.409 e. The van der Waals surface area contributed by atoms with Gasteiger partial charge >= 0.3 is 18.2 Å². The zero-order valence-corrected chi connectivity index (χ0v) is 19.1. The number of aliphatic carboxylic acids is 1. The van der Waals surface area contributed by atoms with Gasteiger partial charge in [-0.3, -0.25) is 4.79 Å². The summed E-state index contributed by atoms with van der Waals surface area (Å²) in [5.41, 5.74) is 3.73. The predicted octanol–water partition coefficient (Wildman–Crippen LogP) is 4.63. The summed E-state index contributed by atoms with van der Waals surface area (Å²) in [6.07, 6.45) is -1.83. The van der Waals surface area contributed by atoms with E-state index in [9.17, 15) is 14.4 Å². The smallest absolute Gasteiger partial charge is 0.409 e. The van der Waals surface area contributed by atoms with Gasteiger partial charge in [0.15, 0.2) is 0 Å². The first-order chi connectivity index (χ1) is 15.6. The van der Waals surface area contributed by atoms with Crippen LogP contribution in [0.4, 0.5) is 9.59 Å². The minimum absolute atomic E-state index is 0.0845. The number of ether oxygens (including phenoxy) is 2. The number of rotatable bonds is 8. The third kappa shape index (κ3) is 6.71. The lowest BCUT2D eigenvalue weighted by molar-refractivity contribution is -0.137. The van der Waals surface area contributed by atoms with Crippen LogP contribution in [0.2, 0.25) is 0 Å². The maximum atomic E-state index is 12.6. The molecule has 1 atom stereocenters. The van der Waals surface area contributed by atoms with E-state index in [1.807, 2.05) is 36.4 Å². The second-order valence-electron chi connectivity index (χ2n) is 8.95. The molecule has 0 saturated heterocycles. The molecule has 0 spiro atoms. The van der Waals surface area contributed by atoms with Crippen molar-refractivity contribution in [2.24, 2.45) is 0 Å². The fourth-order valence-corrected chi connectivity index (χ4v) is 3.87. The number of hydrogen-bond donors (Lipinski definition) is 3. The molecule has 33 heavy (non-hydrogen) atoms. The minimum Gasteiger partial charge on any atom is -0.481 e. The summed E-state index contributed by atoms with van der Waals surface area (Å²) in [6.45, 7) is 5.31. The van der Waals surface area contributed by atoms with Gasteiger partial charge in [0.05, 0.1) is 0 Å². The van der Waals surface area contributed by atoms with E-state index < -0.39 is 29.9 Å². The topological polar surface area (TPSA) is 114 Å². The number of fused-ring (bicyclic) bond motifs is 3. The van der Waals surface area contributed by atoms with Crippen LogP contribution in [0.25, 0.3) is 11.1 Å². The van der Waals surface area contributed by atoms with Crippen molar-refractivity contribution in [3.8, 4) is 11.1 Å². The van der Waals surface area contributed by atoms with Gasteiger partial charge in [-0.1, -0.05) is 48.5 Å². The SMILES string of the molecule is CC(C)(C)OC(=O)NC(CCCC(=O)O)NC(=O)OCC1c2ccccc2-c2ccccc21. The van der Waals surface area contributed by atoms with Gasteiger partial charge in [0.2, 0.25) is 0 Å². The van der Waals surface area contributed by atoms with E-state index in [1.54, 1.807) is 20.8 Å². The van der Waals surface area contributed by atoms with E-state index in [0.717, 1.165) is 22.3 Å². The highest BCUT2D eigenvalue weighted by atomic mass is 16.6. The third-order valence-corrected chi connectivity index (χ3v) is 5.21. The Hall–Kier alpha value is -3.55. The standard InChI is InChI=1S/C25H30N2O6/c1-25(2,3)33-24(31)27-21(13-8-14-22(28)29)26-23(30)32-15-20-18-11-6-4-9-16(18)17-10-5-7-12-19(17)20/h4-7,9-12,20-21H,8,13-15H2,1-3H3,(H,26,30)(H,27,31)(H,28,29). The molecule has 0 radical (unpaired) electrons. The zero-order valence-electron chi connectivity index (χ0n) is 19.1. The Kier molecular flexibility index (Phi) is 7.58. The predicted molar refractivity (Wildman–Crippen MR) is 123 cm³/mol. The number of hydrogen-bond acceptors (Lipinski definition) is 5. The van der Waals surface area contributed by atoms with E-state index in [0.29, 0.717) is 0 Å². The number of carboxylic acid groups (broad SMARTS) is 1. The van der Waals surface area contributed by atoms with Gasteiger partial charge in [-0.05, 0) is 55.9 Å². The van der Waals surface area contributed by atoms with E-state index in [-0.39, 0.29) is 31.8 Å². The molecule has 2 aromatic rings. The first-order valence-electron chi connectivity index (χ1n) is 11.0. The molecule has 0 bridgehead atoms. The average Bonchev–Trinajstić information content (AvgIpc) is 3.04. The van der Waals surface area contributed by atoms with Crippen LogP contribution >= 0.6 is 0 Å². The van der Waals surface area contributed by atoms with Crippen LogP contribution in [0, 0.1) is 0 Å². The van der Waals surface area contributed by atoms with Gasteiger partial charge in [0, 0.05) is 12.3 Å². The number of carbonyl (C=O) groups is 3. The molecular formula is C25H30N2O6. The second kappa shape index (κ2) is 10.4. The summed E-state index contributed by atoms with van der Waals surface area (Å²) in [4.78, 5) is 35.5. The summed E-state index contributed by atoms with van der Waals surface area (Å²) in [5, 5.41) is 14.1. The first-order valence-corrected chi connectivity index (χ1v) is 11.0. The summed E-state index contributed by atoms with van der Waals surface area (Å²) in [7, 11) is 0. The number of carbonyl (C=O) groups excluding carboxylic acids is 2. The third-order valence-electron chi connectivity index (χ3n) is 5.21. The molecule has 0 aliphatic heterocycles. The number of alkyl carbamates (subject to hydrolysis) is 2. The van der Waals surface area contributed by atoms with Gasteiger partial charge < -0.3 is 25.2 Å². The number of nitrogens with one attached hydrogen (secondary N) is 2. The molecule has 1 aliphatic carbocycles. The van der Waals surface area contributed by atoms with E-state index in [1.165, 1.54) is 0 Å². The highest BCUT2D eigenvalue weighted by molar-refractivity contribution is 5.79. The molecule has 1 unspecified atom stereocenters. The number of benzene rings is 2. The summed E-state index contributed by atoms with van der Waals surface area (Å²) >= 11 is 0. The molecule has 0 saturated carbocycles. The summed E-state index contributed by atoms with van der Waals surface area (Å²) < 4.78 is 10.8. The van der Waals surface area contributed by atoms with Crippen molar-refractivity contribution >= 4 is 18.2 Å². The van der Waals surface area contributed by atoms with Crippen molar-refractivity contribution in [1.82, 2.24) is 10.6 Å². The van der Waals surface area contributed by atoms with Gasteiger partial charge in [0.25, 0.3) is 0 Å². The summed E-state index contributed by atoms with van der Waals surface area (Å²) in [5.74, 6) is -1.04. The Morgan fingerprint density at radius 1 is 0.939 bits per heavy atom. The lowest BCUT2D eigenvalue weighted by atomic mass is 9.98. The molecule has 3 rings (SSSR count). The van der Waals surface area contributed by atoms with Crippen molar-refractivity contribution in [2.45, 2.75) is 57.7 Å². The fourth-order valence-electron chi connectivity index (χ4n) is 3.87. The van der Waals surface area contributed by atoms with Crippen LogP contribution < -0.4 is 10.6 Å². The molecule has 2 amide bonds. The van der Waals surface area contributed by atoms with E-state index in [4.69, 9.17) is 14.6 Å². The quantitative estimate of drug-likeness (QED) is 0.501. The van der Waals surface area contributed by atoms with Gasteiger partial charge in [0.1, 0.15) is 18.4 Å². The van der Waals surface area contributed by atoms with Crippen molar-refractivity contribution in [3.63, 3.8) is 0 Å². The molecule has 0 aromatic heterocycles. The van der Waals surface area contributed by atoms with Gasteiger partial charge in [-0.25, -0.2) is 9.59 Å². The summed E-state index contributed by atoms with van der Waals surface area (Å²) in [6, 6.07) is 16.0. The van der Waals surface area contributed by atoms with Crippen molar-refractivity contribution in [1.29, 1.82) is 0 Å².